The van der Waals surface area contributed by atoms with E-state index in [-0.39, 0.29) is 11.5 Å². The second kappa shape index (κ2) is 10.8. The van der Waals surface area contributed by atoms with Gasteiger partial charge in [-0.2, -0.15) is 0 Å². The summed E-state index contributed by atoms with van der Waals surface area (Å²) in [4.78, 5) is 41.2. The van der Waals surface area contributed by atoms with Gasteiger partial charge >= 0.3 is 0 Å². The van der Waals surface area contributed by atoms with Crippen LogP contribution in [0.1, 0.15) is 38.7 Å². The van der Waals surface area contributed by atoms with Crippen molar-refractivity contribution in [2.45, 2.75) is 33.1 Å². The van der Waals surface area contributed by atoms with Crippen LogP contribution in [-0.2, 0) is 4.79 Å². The lowest BCUT2D eigenvalue weighted by Crippen LogP contribution is -2.34. The standard InChI is InChI=1S/C30H30N6O2/c1-3-13-35(14-4-2)28(37)24-17-23-7-6-21(18-26(23)34-27(31)19-24)20-8-9-25-22(16-20)10-15-36(29(25)38)30-32-11-5-12-33-30/h5-12,15-18H,3-4,13-14,19H2,1-2H3,(H2,31,34). The number of nitrogens with zero attached hydrogens (tertiary/aromatic N) is 5. The number of rotatable bonds is 7. The summed E-state index contributed by atoms with van der Waals surface area (Å²) in [5, 5.41) is 1.40. The van der Waals surface area contributed by atoms with Crippen molar-refractivity contribution in [3.63, 3.8) is 0 Å². The van der Waals surface area contributed by atoms with Gasteiger partial charge in [-0.3, -0.25) is 14.2 Å². The largest absolute Gasteiger partial charge is 0.387 e. The topological polar surface area (TPSA) is 106 Å². The average molecular weight is 507 g/mol. The summed E-state index contributed by atoms with van der Waals surface area (Å²) in [6, 6.07) is 15.3. The molecule has 0 spiro atoms. The summed E-state index contributed by atoms with van der Waals surface area (Å²) in [7, 11) is 0. The van der Waals surface area contributed by atoms with Crippen molar-refractivity contribution in [3.05, 3.63) is 88.6 Å². The normalized spacial score (nSPS) is 12.9. The van der Waals surface area contributed by atoms with E-state index in [0.29, 0.717) is 29.2 Å². The van der Waals surface area contributed by atoms with Crippen LogP contribution in [0.15, 0.2) is 82.5 Å². The molecule has 3 heterocycles. The molecule has 1 aliphatic rings. The quantitative estimate of drug-likeness (QED) is 0.385. The molecule has 1 aliphatic heterocycles. The summed E-state index contributed by atoms with van der Waals surface area (Å²) in [6.07, 6.45) is 8.95. The van der Waals surface area contributed by atoms with Gasteiger partial charge in [-0.25, -0.2) is 15.0 Å². The molecule has 0 aliphatic carbocycles. The minimum absolute atomic E-state index is 0.0184. The second-order valence-corrected chi connectivity index (χ2v) is 9.36. The highest BCUT2D eigenvalue weighted by atomic mass is 16.2. The number of pyridine rings is 1. The van der Waals surface area contributed by atoms with Gasteiger partial charge in [0.1, 0.15) is 5.84 Å². The molecule has 192 valence electrons. The zero-order valence-corrected chi connectivity index (χ0v) is 21.6. The first-order valence-electron chi connectivity index (χ1n) is 12.9. The van der Waals surface area contributed by atoms with Crippen LogP contribution in [0.4, 0.5) is 5.69 Å². The number of hydrogen-bond acceptors (Lipinski definition) is 6. The van der Waals surface area contributed by atoms with Crippen LogP contribution in [0.3, 0.4) is 0 Å². The maximum Gasteiger partial charge on any atom is 0.265 e. The molecule has 0 fully saturated rings. The van der Waals surface area contributed by atoms with Crippen LogP contribution in [-0.4, -0.2) is 44.3 Å². The van der Waals surface area contributed by atoms with E-state index >= 15 is 0 Å². The van der Waals surface area contributed by atoms with Crippen LogP contribution in [0.5, 0.6) is 0 Å². The van der Waals surface area contributed by atoms with Gasteiger partial charge in [0, 0.05) is 54.6 Å². The molecule has 0 saturated carbocycles. The molecule has 8 heteroatoms. The third-order valence-corrected chi connectivity index (χ3v) is 6.55. The molecule has 0 saturated heterocycles. The third-order valence-electron chi connectivity index (χ3n) is 6.55. The smallest absolute Gasteiger partial charge is 0.265 e. The Morgan fingerprint density at radius 3 is 2.45 bits per heavy atom. The van der Waals surface area contributed by atoms with Crippen molar-refractivity contribution in [1.29, 1.82) is 0 Å². The molecule has 0 radical (unpaired) electrons. The zero-order chi connectivity index (χ0) is 26.6. The minimum Gasteiger partial charge on any atom is -0.387 e. The fourth-order valence-electron chi connectivity index (χ4n) is 4.77. The summed E-state index contributed by atoms with van der Waals surface area (Å²) < 4.78 is 1.44. The maximum atomic E-state index is 13.3. The molecule has 5 rings (SSSR count). The second-order valence-electron chi connectivity index (χ2n) is 9.36. The number of amidine groups is 1. The Kier molecular flexibility index (Phi) is 7.13. The molecular weight excluding hydrogens is 476 g/mol. The van der Waals surface area contributed by atoms with Gasteiger partial charge in [-0.15, -0.1) is 0 Å². The highest BCUT2D eigenvalue weighted by Gasteiger charge is 2.21. The Morgan fingerprint density at radius 2 is 1.71 bits per heavy atom. The molecule has 2 N–H and O–H groups in total. The fraction of sp³-hybridized carbons (Fsp3) is 0.233. The van der Waals surface area contributed by atoms with E-state index in [1.165, 1.54) is 4.57 Å². The maximum absolute atomic E-state index is 13.3. The average Bonchev–Trinajstić information content (AvgIpc) is 3.10. The number of fused-ring (bicyclic) bond motifs is 2. The molecule has 38 heavy (non-hydrogen) atoms. The summed E-state index contributed by atoms with van der Waals surface area (Å²) >= 11 is 0. The van der Waals surface area contributed by atoms with Crippen LogP contribution in [0.2, 0.25) is 0 Å². The number of amides is 1. The minimum atomic E-state index is -0.179. The van der Waals surface area contributed by atoms with E-state index in [0.717, 1.165) is 53.7 Å². The Labute approximate surface area is 221 Å². The predicted molar refractivity (Wildman–Crippen MR) is 152 cm³/mol. The van der Waals surface area contributed by atoms with Gasteiger partial charge in [0.05, 0.1) is 5.69 Å². The zero-order valence-electron chi connectivity index (χ0n) is 21.6. The Balaban J connectivity index is 1.49. The fourth-order valence-corrected chi connectivity index (χ4v) is 4.77. The lowest BCUT2D eigenvalue weighted by atomic mass is 9.99. The van der Waals surface area contributed by atoms with E-state index in [1.54, 1.807) is 24.7 Å². The molecule has 0 bridgehead atoms. The molecule has 2 aromatic carbocycles. The monoisotopic (exact) mass is 506 g/mol. The van der Waals surface area contributed by atoms with Gasteiger partial charge in [0.2, 0.25) is 11.9 Å². The van der Waals surface area contributed by atoms with Crippen LogP contribution in [0, 0.1) is 0 Å². The van der Waals surface area contributed by atoms with Crippen LogP contribution >= 0.6 is 0 Å². The Morgan fingerprint density at radius 1 is 1.00 bits per heavy atom. The summed E-state index contributed by atoms with van der Waals surface area (Å²) in [5.74, 6) is 0.767. The van der Waals surface area contributed by atoms with Gasteiger partial charge < -0.3 is 10.6 Å². The first-order chi connectivity index (χ1) is 18.5. The van der Waals surface area contributed by atoms with Crippen molar-refractivity contribution in [2.24, 2.45) is 10.7 Å². The van der Waals surface area contributed by atoms with Gasteiger partial charge in [0.15, 0.2) is 0 Å². The van der Waals surface area contributed by atoms with Crippen LogP contribution in [0.25, 0.3) is 33.9 Å². The van der Waals surface area contributed by atoms with Crippen molar-refractivity contribution in [3.8, 4) is 17.1 Å². The lowest BCUT2D eigenvalue weighted by molar-refractivity contribution is -0.127. The van der Waals surface area contributed by atoms with E-state index in [4.69, 9.17) is 5.73 Å². The SMILES string of the molecule is CCCN(CCC)C(=O)C1=Cc2ccc(-c3ccc4c(=O)n(-c5ncccn5)ccc4c3)cc2N=C(N)C1. The number of benzene rings is 2. The first-order valence-corrected chi connectivity index (χ1v) is 12.9. The molecule has 1 amide bonds. The molecule has 0 unspecified atom stereocenters. The van der Waals surface area contributed by atoms with Crippen molar-refractivity contribution >= 4 is 34.3 Å². The van der Waals surface area contributed by atoms with E-state index in [1.807, 2.05) is 53.4 Å². The number of carbonyl (C=O) groups is 1. The molecule has 8 nitrogen and oxygen atoms in total. The highest BCUT2D eigenvalue weighted by Crippen LogP contribution is 2.33. The number of carbonyl (C=O) groups excluding carboxylic acids is 1. The van der Waals surface area contributed by atoms with Gasteiger partial charge in [0.25, 0.3) is 5.56 Å². The predicted octanol–water partition coefficient (Wildman–Crippen LogP) is 4.87. The van der Waals surface area contributed by atoms with Crippen molar-refractivity contribution < 1.29 is 4.79 Å². The summed E-state index contributed by atoms with van der Waals surface area (Å²) in [6.45, 7) is 5.59. The Bertz CT molecular complexity index is 1620. The highest BCUT2D eigenvalue weighted by molar-refractivity contribution is 6.05. The van der Waals surface area contributed by atoms with E-state index in [9.17, 15) is 9.59 Å². The molecular formula is C30H30N6O2. The third kappa shape index (κ3) is 4.98. The van der Waals surface area contributed by atoms with Crippen molar-refractivity contribution in [1.82, 2.24) is 19.4 Å². The number of hydrogen-bond donors (Lipinski definition) is 1. The van der Waals surface area contributed by atoms with Gasteiger partial charge in [-0.1, -0.05) is 32.0 Å². The number of nitrogens with two attached hydrogens (primary N) is 1. The number of aliphatic imine (C=N–C) groups is 1. The molecule has 2 aromatic heterocycles. The Hall–Kier alpha value is -4.59. The lowest BCUT2D eigenvalue weighted by Gasteiger charge is -2.22. The van der Waals surface area contributed by atoms with Crippen molar-refractivity contribution in [2.75, 3.05) is 13.1 Å². The molecule has 0 atom stereocenters. The van der Waals surface area contributed by atoms with Crippen LogP contribution < -0.4 is 11.3 Å². The first kappa shape index (κ1) is 25.1. The summed E-state index contributed by atoms with van der Waals surface area (Å²) in [5.41, 5.74) is 10.2. The molecule has 4 aromatic rings. The van der Waals surface area contributed by atoms with E-state index in [2.05, 4.69) is 28.8 Å². The number of aromatic nitrogens is 3. The van der Waals surface area contributed by atoms with Gasteiger partial charge in [-0.05, 0) is 65.8 Å². The van der Waals surface area contributed by atoms with E-state index < -0.39 is 0 Å².